The number of carboxylic acids is 1. The summed E-state index contributed by atoms with van der Waals surface area (Å²) in [4.78, 5) is 33.8. The van der Waals surface area contributed by atoms with Crippen LogP contribution >= 0.6 is 11.6 Å². The lowest BCUT2D eigenvalue weighted by molar-refractivity contribution is 0.0698. The third kappa shape index (κ3) is 2.86. The van der Waals surface area contributed by atoms with Gasteiger partial charge in [0.1, 0.15) is 6.26 Å². The van der Waals surface area contributed by atoms with E-state index in [1.807, 2.05) is 0 Å². The molecule has 6 nitrogen and oxygen atoms in total. The Morgan fingerprint density at radius 3 is 2.55 bits per heavy atom. The molecule has 102 valence electrons. The molecule has 0 spiro atoms. The number of carbonyl (C=O) groups excluding carboxylic acids is 1. The molecule has 1 heterocycles. The zero-order valence-corrected chi connectivity index (χ0v) is 10.7. The van der Waals surface area contributed by atoms with Crippen molar-refractivity contribution in [2.75, 3.05) is 5.32 Å². The highest BCUT2D eigenvalue weighted by Crippen LogP contribution is 2.26. The van der Waals surface area contributed by atoms with E-state index in [0.29, 0.717) is 0 Å². The number of para-hydroxylation sites is 1. The smallest absolute Gasteiger partial charge is 0.337 e. The number of hydrogen-bond acceptors (Lipinski definition) is 4. The first-order valence-corrected chi connectivity index (χ1v) is 5.79. The van der Waals surface area contributed by atoms with E-state index in [0.717, 1.165) is 12.3 Å². The predicted octanol–water partition coefficient (Wildman–Crippen LogP) is 2.24. The molecule has 7 heteroatoms. The highest BCUT2D eigenvalue weighted by Gasteiger charge is 2.16. The second-order valence-corrected chi connectivity index (χ2v) is 4.17. The van der Waals surface area contributed by atoms with Crippen LogP contribution in [0, 0.1) is 0 Å². The zero-order valence-electron chi connectivity index (χ0n) is 9.92. The highest BCUT2D eigenvalue weighted by molar-refractivity contribution is 6.34. The minimum Gasteiger partial charge on any atom is -0.478 e. The molecule has 0 saturated carbocycles. The Bertz CT molecular complexity index is 717. The lowest BCUT2D eigenvalue weighted by atomic mass is 10.1. The zero-order chi connectivity index (χ0) is 14.7. The van der Waals surface area contributed by atoms with Gasteiger partial charge in [0.2, 0.25) is 0 Å². The van der Waals surface area contributed by atoms with Crippen molar-refractivity contribution in [3.8, 4) is 0 Å². The van der Waals surface area contributed by atoms with Crippen molar-refractivity contribution in [3.63, 3.8) is 0 Å². The van der Waals surface area contributed by atoms with E-state index in [1.54, 1.807) is 0 Å². The number of anilines is 1. The van der Waals surface area contributed by atoms with Crippen molar-refractivity contribution in [1.29, 1.82) is 0 Å². The van der Waals surface area contributed by atoms with E-state index < -0.39 is 17.5 Å². The standard InChI is InChI=1S/C13H8ClNO5/c14-9-3-1-2-8(13(18)19)11(9)15-12(17)7-4-5-10(16)20-6-7/h1-6H,(H,15,17)(H,18,19). The molecule has 0 atom stereocenters. The van der Waals surface area contributed by atoms with Gasteiger partial charge in [-0.25, -0.2) is 9.59 Å². The first kappa shape index (κ1) is 13.8. The number of carboxylic acid groups (broad SMARTS) is 1. The van der Waals surface area contributed by atoms with Crippen molar-refractivity contribution in [2.45, 2.75) is 0 Å². The first-order chi connectivity index (χ1) is 9.49. The third-order valence-electron chi connectivity index (χ3n) is 2.45. The van der Waals surface area contributed by atoms with Crippen LogP contribution in [-0.4, -0.2) is 17.0 Å². The largest absolute Gasteiger partial charge is 0.478 e. The monoisotopic (exact) mass is 293 g/mol. The number of amides is 1. The molecule has 0 fully saturated rings. The van der Waals surface area contributed by atoms with Crippen LogP contribution in [0.25, 0.3) is 0 Å². The molecule has 1 amide bonds. The van der Waals surface area contributed by atoms with Crippen LogP contribution in [0.4, 0.5) is 5.69 Å². The Balaban J connectivity index is 2.35. The molecule has 0 saturated heterocycles. The molecular formula is C13H8ClNO5. The van der Waals surface area contributed by atoms with Crippen LogP contribution in [0.3, 0.4) is 0 Å². The first-order valence-electron chi connectivity index (χ1n) is 5.41. The van der Waals surface area contributed by atoms with Crippen LogP contribution in [0.2, 0.25) is 5.02 Å². The van der Waals surface area contributed by atoms with Crippen molar-refractivity contribution in [1.82, 2.24) is 0 Å². The summed E-state index contributed by atoms with van der Waals surface area (Å²) in [5.41, 5.74) is -0.674. The summed E-state index contributed by atoms with van der Waals surface area (Å²) in [7, 11) is 0. The number of carbonyl (C=O) groups is 2. The normalized spacial score (nSPS) is 10.1. The molecule has 2 aromatic rings. The molecule has 1 aromatic carbocycles. The SMILES string of the molecule is O=C(Nc1c(Cl)cccc1C(=O)O)c1ccc(=O)oc1. The van der Waals surface area contributed by atoms with Crippen LogP contribution in [-0.2, 0) is 0 Å². The minimum absolute atomic E-state index is 0.0159. The Kier molecular flexibility index (Phi) is 3.86. The van der Waals surface area contributed by atoms with Gasteiger partial charge >= 0.3 is 11.6 Å². The number of hydrogen-bond donors (Lipinski definition) is 2. The van der Waals surface area contributed by atoms with Gasteiger partial charge in [-0.05, 0) is 18.2 Å². The van der Waals surface area contributed by atoms with E-state index >= 15 is 0 Å². The molecule has 1 aromatic heterocycles. The topological polar surface area (TPSA) is 96.6 Å². The van der Waals surface area contributed by atoms with Crippen molar-refractivity contribution < 1.29 is 19.1 Å². The number of benzene rings is 1. The Morgan fingerprint density at radius 1 is 1.20 bits per heavy atom. The van der Waals surface area contributed by atoms with E-state index in [-0.39, 0.29) is 21.8 Å². The second kappa shape index (κ2) is 5.58. The minimum atomic E-state index is -1.22. The number of nitrogens with one attached hydrogen (secondary N) is 1. The van der Waals surface area contributed by atoms with Crippen LogP contribution in [0.5, 0.6) is 0 Å². The fraction of sp³-hybridized carbons (Fsp3) is 0. The highest BCUT2D eigenvalue weighted by atomic mass is 35.5. The van der Waals surface area contributed by atoms with Crippen LogP contribution < -0.4 is 10.9 Å². The molecule has 0 aliphatic heterocycles. The van der Waals surface area contributed by atoms with Gasteiger partial charge in [-0.3, -0.25) is 4.79 Å². The van der Waals surface area contributed by atoms with Crippen molar-refractivity contribution in [2.24, 2.45) is 0 Å². The molecule has 0 aliphatic carbocycles. The van der Waals surface area contributed by atoms with Gasteiger partial charge in [-0.2, -0.15) is 0 Å². The fourth-order valence-corrected chi connectivity index (χ4v) is 1.72. The maximum atomic E-state index is 11.9. The lowest BCUT2D eigenvalue weighted by Crippen LogP contribution is -2.16. The number of aromatic carboxylic acids is 1. The molecule has 0 bridgehead atoms. The summed E-state index contributed by atoms with van der Waals surface area (Å²) in [6, 6.07) is 6.57. The molecule has 0 aliphatic rings. The van der Waals surface area contributed by atoms with Crippen LogP contribution in [0.1, 0.15) is 20.7 Å². The second-order valence-electron chi connectivity index (χ2n) is 3.77. The van der Waals surface area contributed by atoms with Gasteiger partial charge in [0, 0.05) is 6.07 Å². The molecular weight excluding hydrogens is 286 g/mol. The number of rotatable bonds is 3. The third-order valence-corrected chi connectivity index (χ3v) is 2.76. The summed E-state index contributed by atoms with van der Waals surface area (Å²) in [6.07, 6.45) is 0.981. The average molecular weight is 294 g/mol. The van der Waals surface area contributed by atoms with Gasteiger partial charge in [-0.15, -0.1) is 0 Å². The van der Waals surface area contributed by atoms with E-state index in [2.05, 4.69) is 9.73 Å². The summed E-state index contributed by atoms with van der Waals surface area (Å²) >= 11 is 5.88. The van der Waals surface area contributed by atoms with E-state index in [4.69, 9.17) is 16.7 Å². The Morgan fingerprint density at radius 2 is 1.95 bits per heavy atom. The Hall–Kier alpha value is -2.60. The van der Waals surface area contributed by atoms with Crippen LogP contribution in [0.15, 0.2) is 45.8 Å². The molecule has 20 heavy (non-hydrogen) atoms. The van der Waals surface area contributed by atoms with Gasteiger partial charge in [0.15, 0.2) is 0 Å². The lowest BCUT2D eigenvalue weighted by Gasteiger charge is -2.09. The number of halogens is 1. The summed E-state index contributed by atoms with van der Waals surface area (Å²) in [5, 5.41) is 11.5. The quantitative estimate of drug-likeness (QED) is 0.904. The van der Waals surface area contributed by atoms with Crippen molar-refractivity contribution >= 4 is 29.2 Å². The van der Waals surface area contributed by atoms with Gasteiger partial charge < -0.3 is 14.8 Å². The average Bonchev–Trinajstić information content (AvgIpc) is 2.41. The molecule has 0 unspecified atom stereocenters. The predicted molar refractivity (Wildman–Crippen MR) is 71.3 cm³/mol. The van der Waals surface area contributed by atoms with E-state index in [9.17, 15) is 14.4 Å². The maximum Gasteiger partial charge on any atom is 0.337 e. The molecule has 0 radical (unpaired) electrons. The van der Waals surface area contributed by atoms with Gasteiger partial charge in [0.05, 0.1) is 21.8 Å². The Labute approximate surface area is 117 Å². The van der Waals surface area contributed by atoms with E-state index in [1.165, 1.54) is 24.3 Å². The summed E-state index contributed by atoms with van der Waals surface area (Å²) in [6.45, 7) is 0. The van der Waals surface area contributed by atoms with Gasteiger partial charge in [0.25, 0.3) is 5.91 Å². The van der Waals surface area contributed by atoms with Crippen molar-refractivity contribution in [3.05, 3.63) is 63.2 Å². The fourth-order valence-electron chi connectivity index (χ4n) is 1.50. The van der Waals surface area contributed by atoms with Gasteiger partial charge in [-0.1, -0.05) is 17.7 Å². The maximum absolute atomic E-state index is 11.9. The summed E-state index contributed by atoms with van der Waals surface area (Å²) in [5.74, 6) is -1.85. The molecule has 2 N–H and O–H groups in total. The summed E-state index contributed by atoms with van der Waals surface area (Å²) < 4.78 is 4.56. The molecule has 2 rings (SSSR count).